The molecule has 4 heteroatoms. The first-order chi connectivity index (χ1) is 3.43. The molecule has 0 saturated heterocycles. The molecule has 0 aromatic rings. The number of hydrogen-bond donors (Lipinski definition) is 1. The first-order valence-electron chi connectivity index (χ1n) is 2.16. The fourth-order valence-corrected chi connectivity index (χ4v) is 0.329. The first kappa shape index (κ1) is 4.23. The van der Waals surface area contributed by atoms with E-state index in [0.717, 1.165) is 12.3 Å². The van der Waals surface area contributed by atoms with Gasteiger partial charge in [0.05, 0.1) is 5.10 Å². The quantitative estimate of drug-likeness (QED) is 0.493. The molecule has 0 spiro atoms. The molecule has 0 fully saturated rings. The number of amidine groups is 1. The SMILES string of the molecule is CCC1=NN=[N+]N1. The molecule has 0 unspecified atom stereocenters. The van der Waals surface area contributed by atoms with Gasteiger partial charge in [-0.3, -0.25) is 0 Å². The average Bonchev–Trinajstić information content (AvgIpc) is 2.14. The molecule has 0 aromatic carbocycles. The molecule has 1 aliphatic rings. The van der Waals surface area contributed by atoms with Gasteiger partial charge in [0.25, 0.3) is 5.84 Å². The molecule has 37 valence electrons. The van der Waals surface area contributed by atoms with Gasteiger partial charge in [-0.05, 0) is 0 Å². The van der Waals surface area contributed by atoms with Crippen molar-refractivity contribution >= 4 is 5.84 Å². The fraction of sp³-hybridized carbons (Fsp3) is 0.667. The zero-order valence-corrected chi connectivity index (χ0v) is 4.05. The summed E-state index contributed by atoms with van der Waals surface area (Å²) in [6.45, 7) is 1.99. The second-order valence-corrected chi connectivity index (χ2v) is 1.20. The molecule has 1 aliphatic heterocycles. The highest BCUT2D eigenvalue weighted by Gasteiger charge is 2.09. The second kappa shape index (κ2) is 1.68. The van der Waals surface area contributed by atoms with Crippen molar-refractivity contribution in [3.05, 3.63) is 0 Å². The van der Waals surface area contributed by atoms with Crippen molar-refractivity contribution in [3.8, 4) is 0 Å². The molecule has 0 saturated carbocycles. The van der Waals surface area contributed by atoms with Crippen molar-refractivity contribution in [3.63, 3.8) is 0 Å². The van der Waals surface area contributed by atoms with E-state index >= 15 is 0 Å². The van der Waals surface area contributed by atoms with E-state index in [4.69, 9.17) is 0 Å². The van der Waals surface area contributed by atoms with Gasteiger partial charge in [-0.1, -0.05) is 6.92 Å². The van der Waals surface area contributed by atoms with Gasteiger partial charge < -0.3 is 0 Å². The molecule has 0 atom stereocenters. The molecule has 4 nitrogen and oxygen atoms in total. The Kier molecular flexibility index (Phi) is 1.02. The van der Waals surface area contributed by atoms with Crippen molar-refractivity contribution in [2.45, 2.75) is 13.3 Å². The Morgan fingerprint density at radius 2 is 2.71 bits per heavy atom. The molecule has 7 heavy (non-hydrogen) atoms. The van der Waals surface area contributed by atoms with Gasteiger partial charge in [0.2, 0.25) is 5.22 Å². The average molecular weight is 98.1 g/mol. The monoisotopic (exact) mass is 98.1 g/mol. The van der Waals surface area contributed by atoms with Crippen LogP contribution in [0.25, 0.3) is 0 Å². The van der Waals surface area contributed by atoms with Crippen LogP contribution in [-0.4, -0.2) is 5.84 Å². The smallest absolute Gasteiger partial charge is 0.122 e. The summed E-state index contributed by atoms with van der Waals surface area (Å²) in [6.07, 6.45) is 0.868. The number of rotatable bonds is 1. The van der Waals surface area contributed by atoms with Crippen molar-refractivity contribution < 1.29 is 0 Å². The van der Waals surface area contributed by atoms with E-state index in [1.807, 2.05) is 6.92 Å². The van der Waals surface area contributed by atoms with Crippen LogP contribution in [0.15, 0.2) is 10.3 Å². The maximum Gasteiger partial charge on any atom is 0.285 e. The molecule has 0 bridgehead atoms. The highest BCUT2D eigenvalue weighted by molar-refractivity contribution is 5.81. The van der Waals surface area contributed by atoms with Crippen LogP contribution in [0.2, 0.25) is 0 Å². The third-order valence-corrected chi connectivity index (χ3v) is 0.724. The lowest BCUT2D eigenvalue weighted by Crippen LogP contribution is -2.18. The number of nitrogens with zero attached hydrogens (tertiary/aromatic N) is 3. The van der Waals surface area contributed by atoms with Gasteiger partial charge in [0.15, 0.2) is 5.22 Å². The van der Waals surface area contributed by atoms with E-state index in [0.29, 0.717) is 0 Å². The van der Waals surface area contributed by atoms with E-state index < -0.39 is 0 Å². The van der Waals surface area contributed by atoms with E-state index in [9.17, 15) is 0 Å². The van der Waals surface area contributed by atoms with E-state index in [1.165, 1.54) is 0 Å². The predicted octanol–water partition coefficient (Wildman–Crippen LogP) is 0.0161. The summed E-state index contributed by atoms with van der Waals surface area (Å²) in [5, 5.41) is 10.4. The number of hydrogen-bond acceptors (Lipinski definition) is 4. The van der Waals surface area contributed by atoms with Gasteiger partial charge >= 0.3 is 0 Å². The highest BCUT2D eigenvalue weighted by atomic mass is 15.6. The first-order valence-corrected chi connectivity index (χ1v) is 2.16. The molecular weight excluding hydrogens is 92.1 g/mol. The summed E-state index contributed by atoms with van der Waals surface area (Å²) < 4.78 is 0. The van der Waals surface area contributed by atoms with E-state index in [-0.39, 0.29) is 0 Å². The Morgan fingerprint density at radius 1 is 1.86 bits per heavy atom. The molecule has 0 aliphatic carbocycles. The van der Waals surface area contributed by atoms with Crippen LogP contribution in [0, 0.1) is 0 Å². The maximum absolute atomic E-state index is 3.62. The predicted molar refractivity (Wildman–Crippen MR) is 25.4 cm³/mol. The normalized spacial score (nSPS) is 16.4. The summed E-state index contributed by atoms with van der Waals surface area (Å²) in [5.74, 6) is 0.833. The third-order valence-electron chi connectivity index (χ3n) is 0.724. The second-order valence-electron chi connectivity index (χ2n) is 1.20. The molecule has 1 heterocycles. The summed E-state index contributed by atoms with van der Waals surface area (Å²) in [7, 11) is 0. The highest BCUT2D eigenvalue weighted by Crippen LogP contribution is 1.84. The van der Waals surface area contributed by atoms with Gasteiger partial charge in [-0.2, -0.15) is 0 Å². The summed E-state index contributed by atoms with van der Waals surface area (Å²) in [6, 6.07) is 0. The fourth-order valence-electron chi connectivity index (χ4n) is 0.329. The minimum absolute atomic E-state index is 0.833. The summed E-state index contributed by atoms with van der Waals surface area (Å²) in [5.41, 5.74) is 2.61. The third kappa shape index (κ3) is 0.734. The minimum Gasteiger partial charge on any atom is -0.122 e. The van der Waals surface area contributed by atoms with Crippen LogP contribution in [0.3, 0.4) is 0 Å². The summed E-state index contributed by atoms with van der Waals surface area (Å²) in [4.78, 5) is 0. The van der Waals surface area contributed by atoms with Crippen molar-refractivity contribution in [2.24, 2.45) is 10.3 Å². The molecule has 1 N–H and O–H groups in total. The Labute approximate surface area is 41.3 Å². The summed E-state index contributed by atoms with van der Waals surface area (Å²) >= 11 is 0. The molecule has 1 radical (unpaired) electrons. The Morgan fingerprint density at radius 3 is 3.00 bits per heavy atom. The lowest BCUT2D eigenvalue weighted by atomic mass is 10.5. The zero-order chi connectivity index (χ0) is 5.11. The van der Waals surface area contributed by atoms with Crippen LogP contribution >= 0.6 is 0 Å². The van der Waals surface area contributed by atoms with Crippen molar-refractivity contribution in [1.29, 1.82) is 0 Å². The zero-order valence-electron chi connectivity index (χ0n) is 4.05. The lowest BCUT2D eigenvalue weighted by molar-refractivity contribution is 0.812. The van der Waals surface area contributed by atoms with Crippen molar-refractivity contribution in [2.75, 3.05) is 0 Å². The molecule has 0 aromatic heterocycles. The van der Waals surface area contributed by atoms with Crippen LogP contribution in [0.5, 0.6) is 0 Å². The Balaban J connectivity index is 2.45. The van der Waals surface area contributed by atoms with Crippen LogP contribution < -0.4 is 10.6 Å². The van der Waals surface area contributed by atoms with Gasteiger partial charge in [0.1, 0.15) is 0 Å². The molecular formula is C3H6N4+. The van der Waals surface area contributed by atoms with E-state index in [2.05, 4.69) is 21.0 Å². The van der Waals surface area contributed by atoms with Crippen LogP contribution in [-0.2, 0) is 0 Å². The Bertz CT molecular complexity index is 114. The standard InChI is InChI=1S/C3H6N4/c1-2-3-4-6-7-5-3/h2H2,1H3,(H,4,5,6)/q+1. The van der Waals surface area contributed by atoms with Gasteiger partial charge in [0, 0.05) is 6.42 Å². The van der Waals surface area contributed by atoms with Crippen LogP contribution in [0.4, 0.5) is 0 Å². The number of nitrogens with one attached hydrogen (secondary N) is 1. The molecule has 0 amide bonds. The maximum atomic E-state index is 3.62. The lowest BCUT2D eigenvalue weighted by Gasteiger charge is -1.74. The minimum atomic E-state index is 0.833. The Hall–Kier alpha value is -0.930. The molecule has 1 rings (SSSR count). The van der Waals surface area contributed by atoms with Crippen molar-refractivity contribution in [1.82, 2.24) is 10.6 Å². The van der Waals surface area contributed by atoms with E-state index in [1.54, 1.807) is 0 Å². The van der Waals surface area contributed by atoms with Gasteiger partial charge in [-0.25, -0.2) is 0 Å². The van der Waals surface area contributed by atoms with Crippen LogP contribution in [0.1, 0.15) is 13.3 Å². The van der Waals surface area contributed by atoms with Gasteiger partial charge in [-0.15, -0.1) is 5.43 Å². The topological polar surface area (TPSA) is 50.9 Å². The largest absolute Gasteiger partial charge is 0.285 e.